The van der Waals surface area contributed by atoms with Crippen LogP contribution in [-0.4, -0.2) is 8.07 Å². The summed E-state index contributed by atoms with van der Waals surface area (Å²) in [5.74, 6) is 3.00. The maximum absolute atomic E-state index is 2.71. The normalized spacial score (nSPS) is 29.3. The van der Waals surface area contributed by atoms with E-state index in [0.29, 0.717) is 0 Å². The molecule has 2 aliphatic carbocycles. The Kier molecular flexibility index (Phi) is 5.74. The Morgan fingerprint density at radius 1 is 0.947 bits per heavy atom. The molecule has 0 aromatic heterocycles. The Balaban J connectivity index is 1.80. The molecule has 0 N–H and O–H groups in total. The third-order valence-electron chi connectivity index (χ3n) is 5.80. The van der Waals surface area contributed by atoms with E-state index in [1.54, 1.807) is 24.6 Å². The Morgan fingerprint density at radius 3 is 2.11 bits per heavy atom. The molecule has 3 atom stereocenters. The topological polar surface area (TPSA) is 0 Å². The quantitative estimate of drug-likeness (QED) is 0.344. The van der Waals surface area contributed by atoms with Crippen molar-refractivity contribution in [2.45, 2.75) is 83.5 Å². The number of unbranched alkanes of at least 4 members (excludes halogenated alkanes) is 2. The molecule has 2 bridgehead atoms. The van der Waals surface area contributed by atoms with Crippen molar-refractivity contribution in [1.82, 2.24) is 0 Å². The van der Waals surface area contributed by atoms with E-state index in [1.165, 1.54) is 38.5 Å². The van der Waals surface area contributed by atoms with E-state index in [-0.39, 0.29) is 0 Å². The smallest absolute Gasteiger partial charge is 0.0504 e. The van der Waals surface area contributed by atoms with E-state index in [0.717, 1.165) is 17.8 Å². The van der Waals surface area contributed by atoms with Crippen molar-refractivity contribution in [2.75, 3.05) is 0 Å². The Hall–Kier alpha value is -0.0431. The van der Waals surface area contributed by atoms with Gasteiger partial charge in [0.2, 0.25) is 0 Å². The summed E-state index contributed by atoms with van der Waals surface area (Å²) in [6.07, 6.45) is 15.4. The van der Waals surface area contributed by atoms with Gasteiger partial charge in [0, 0.05) is 0 Å². The molecule has 0 aromatic carbocycles. The highest BCUT2D eigenvalue weighted by atomic mass is 28.3. The second kappa shape index (κ2) is 7.11. The van der Waals surface area contributed by atoms with Gasteiger partial charge >= 0.3 is 0 Å². The monoisotopic (exact) mass is 278 g/mol. The predicted molar refractivity (Wildman–Crippen MR) is 89.3 cm³/mol. The highest BCUT2D eigenvalue weighted by Gasteiger charge is 2.36. The van der Waals surface area contributed by atoms with Crippen molar-refractivity contribution in [3.8, 4) is 0 Å². The molecule has 0 aliphatic heterocycles. The van der Waals surface area contributed by atoms with Gasteiger partial charge in [-0.15, -0.1) is 0 Å². The molecule has 2 rings (SSSR count). The molecule has 1 fully saturated rings. The van der Waals surface area contributed by atoms with Crippen molar-refractivity contribution >= 4 is 8.07 Å². The lowest BCUT2D eigenvalue weighted by molar-refractivity contribution is 0.431. The fourth-order valence-corrected chi connectivity index (χ4v) is 8.57. The van der Waals surface area contributed by atoms with E-state index in [1.807, 2.05) is 0 Å². The fraction of sp³-hybridized carbons (Fsp3) is 0.889. The largest absolute Gasteiger partial charge is 0.0851 e. The molecule has 0 spiro atoms. The van der Waals surface area contributed by atoms with Crippen LogP contribution in [-0.2, 0) is 0 Å². The van der Waals surface area contributed by atoms with Crippen LogP contribution in [0.15, 0.2) is 12.2 Å². The summed E-state index contributed by atoms with van der Waals surface area (Å²) in [7, 11) is -0.911. The molecular weight excluding hydrogens is 244 g/mol. The van der Waals surface area contributed by atoms with Gasteiger partial charge in [0.15, 0.2) is 0 Å². The molecule has 0 saturated heterocycles. The van der Waals surface area contributed by atoms with Crippen LogP contribution in [0.4, 0.5) is 0 Å². The molecule has 0 radical (unpaired) electrons. The van der Waals surface area contributed by atoms with Crippen molar-refractivity contribution < 1.29 is 0 Å². The molecule has 110 valence electrons. The van der Waals surface area contributed by atoms with Gasteiger partial charge in [0.05, 0.1) is 8.07 Å². The van der Waals surface area contributed by atoms with Crippen LogP contribution in [0.25, 0.3) is 0 Å². The molecule has 0 aromatic rings. The lowest BCUT2D eigenvalue weighted by atomic mass is 9.91. The first-order chi connectivity index (χ1) is 9.17. The SMILES string of the molecule is CCCC[Si](C)(CCCC)CCC1CC2C=CC1C2. The van der Waals surface area contributed by atoms with E-state index in [2.05, 4.69) is 32.5 Å². The maximum atomic E-state index is 2.71. The van der Waals surface area contributed by atoms with E-state index < -0.39 is 8.07 Å². The van der Waals surface area contributed by atoms with Gasteiger partial charge in [-0.3, -0.25) is 0 Å². The zero-order chi connectivity index (χ0) is 13.7. The number of rotatable bonds is 9. The fourth-order valence-electron chi connectivity index (χ4n) is 4.34. The number of hydrogen-bond donors (Lipinski definition) is 0. The number of allylic oxidation sites excluding steroid dienone is 2. The van der Waals surface area contributed by atoms with Crippen LogP contribution in [0.5, 0.6) is 0 Å². The van der Waals surface area contributed by atoms with Crippen molar-refractivity contribution in [2.24, 2.45) is 17.8 Å². The second-order valence-corrected chi connectivity index (χ2v) is 12.7. The van der Waals surface area contributed by atoms with E-state index in [4.69, 9.17) is 0 Å². The first kappa shape index (κ1) is 15.3. The van der Waals surface area contributed by atoms with E-state index >= 15 is 0 Å². The van der Waals surface area contributed by atoms with Crippen molar-refractivity contribution in [3.05, 3.63) is 12.2 Å². The summed E-state index contributed by atoms with van der Waals surface area (Å²) < 4.78 is 0. The van der Waals surface area contributed by atoms with Gasteiger partial charge in [-0.25, -0.2) is 0 Å². The molecule has 1 heteroatoms. The van der Waals surface area contributed by atoms with Gasteiger partial charge < -0.3 is 0 Å². The highest BCUT2D eigenvalue weighted by molar-refractivity contribution is 6.78. The lowest BCUT2D eigenvalue weighted by Crippen LogP contribution is -2.30. The van der Waals surface area contributed by atoms with Crippen LogP contribution in [0.1, 0.15) is 58.8 Å². The molecule has 2 aliphatic rings. The minimum atomic E-state index is -0.911. The number of fused-ring (bicyclic) bond motifs is 2. The van der Waals surface area contributed by atoms with Gasteiger partial charge in [-0.2, -0.15) is 0 Å². The van der Waals surface area contributed by atoms with Crippen molar-refractivity contribution in [1.29, 1.82) is 0 Å². The molecule has 1 saturated carbocycles. The summed E-state index contributed by atoms with van der Waals surface area (Å²) in [6, 6.07) is 4.81. The lowest BCUT2D eigenvalue weighted by Gasteiger charge is -2.30. The second-order valence-electron chi connectivity index (χ2n) is 7.60. The van der Waals surface area contributed by atoms with Gasteiger partial charge in [-0.05, 0) is 30.6 Å². The van der Waals surface area contributed by atoms with Crippen LogP contribution in [0.2, 0.25) is 24.7 Å². The molecule has 0 nitrogen and oxygen atoms in total. The third-order valence-corrected chi connectivity index (χ3v) is 10.4. The van der Waals surface area contributed by atoms with Crippen LogP contribution in [0.3, 0.4) is 0 Å². The highest BCUT2D eigenvalue weighted by Crippen LogP contribution is 2.46. The van der Waals surface area contributed by atoms with Gasteiger partial charge in [-0.1, -0.05) is 82.8 Å². The standard InChI is InChI=1S/C18H34Si/c1-4-6-11-19(3,12-7-5-2)13-10-18-15-16-8-9-17(18)14-16/h8-9,16-18H,4-7,10-15H2,1-3H3. The average Bonchev–Trinajstić information content (AvgIpc) is 3.03. The summed E-state index contributed by atoms with van der Waals surface area (Å²) in [5, 5.41) is 0. The first-order valence-corrected chi connectivity index (χ1v) is 12.0. The van der Waals surface area contributed by atoms with Gasteiger partial charge in [0.1, 0.15) is 0 Å². The molecule has 19 heavy (non-hydrogen) atoms. The van der Waals surface area contributed by atoms with Crippen LogP contribution in [0, 0.1) is 17.8 Å². The molecule has 3 unspecified atom stereocenters. The van der Waals surface area contributed by atoms with Crippen LogP contribution >= 0.6 is 0 Å². The van der Waals surface area contributed by atoms with Crippen LogP contribution < -0.4 is 0 Å². The van der Waals surface area contributed by atoms with E-state index in [9.17, 15) is 0 Å². The predicted octanol–water partition coefficient (Wildman–Crippen LogP) is 6.27. The summed E-state index contributed by atoms with van der Waals surface area (Å²) in [6.45, 7) is 7.42. The first-order valence-electron chi connectivity index (χ1n) is 8.85. The third kappa shape index (κ3) is 4.21. The maximum Gasteiger partial charge on any atom is 0.0504 e. The number of hydrogen-bond acceptors (Lipinski definition) is 0. The Bertz CT molecular complexity index is 286. The summed E-state index contributed by atoms with van der Waals surface area (Å²) >= 11 is 0. The summed E-state index contributed by atoms with van der Waals surface area (Å²) in [5.41, 5.74) is 0. The van der Waals surface area contributed by atoms with Gasteiger partial charge in [0.25, 0.3) is 0 Å². The molecule has 0 heterocycles. The summed E-state index contributed by atoms with van der Waals surface area (Å²) in [4.78, 5) is 0. The Morgan fingerprint density at radius 2 is 1.63 bits per heavy atom. The van der Waals surface area contributed by atoms with Crippen molar-refractivity contribution in [3.63, 3.8) is 0 Å². The minimum Gasteiger partial charge on any atom is -0.0851 e. The average molecular weight is 279 g/mol. The molecule has 0 amide bonds. The zero-order valence-electron chi connectivity index (χ0n) is 13.5. The molecular formula is C18H34Si. The zero-order valence-corrected chi connectivity index (χ0v) is 14.5. The Labute approximate surface area is 122 Å². The minimum absolute atomic E-state index is 0.911.